The Balaban J connectivity index is 2.44. The second-order valence-electron chi connectivity index (χ2n) is 3.56. The summed E-state index contributed by atoms with van der Waals surface area (Å²) < 4.78 is 1.06. The fraction of sp³-hybridized carbons (Fsp3) is 0.455. The Kier molecular flexibility index (Phi) is 5.25. The molecule has 15 heavy (non-hydrogen) atoms. The van der Waals surface area contributed by atoms with E-state index in [0.717, 1.165) is 10.0 Å². The maximum absolute atomic E-state index is 9.13. The molecule has 3 N–H and O–H groups in total. The highest BCUT2D eigenvalue weighted by Gasteiger charge is 2.02. The first-order valence-electron chi connectivity index (χ1n) is 4.88. The van der Waals surface area contributed by atoms with Crippen LogP contribution in [0.4, 0.5) is 0 Å². The van der Waals surface area contributed by atoms with E-state index in [2.05, 4.69) is 27.3 Å². The van der Waals surface area contributed by atoms with Crippen LogP contribution in [0.1, 0.15) is 11.1 Å². The number of rotatable bonds is 5. The van der Waals surface area contributed by atoms with Crippen LogP contribution >= 0.6 is 15.9 Å². The maximum atomic E-state index is 9.13. The predicted molar refractivity (Wildman–Crippen MR) is 63.7 cm³/mol. The van der Waals surface area contributed by atoms with Crippen LogP contribution in [0.2, 0.25) is 0 Å². The Morgan fingerprint density at radius 2 is 2.20 bits per heavy atom. The van der Waals surface area contributed by atoms with E-state index in [4.69, 9.17) is 10.2 Å². The Hall–Kier alpha value is -0.420. The average Bonchev–Trinajstić information content (AvgIpc) is 2.21. The highest BCUT2D eigenvalue weighted by atomic mass is 79.9. The first kappa shape index (κ1) is 12.6. The zero-order valence-electron chi connectivity index (χ0n) is 8.70. The molecule has 0 aliphatic rings. The van der Waals surface area contributed by atoms with E-state index < -0.39 is 6.10 Å². The first-order chi connectivity index (χ1) is 7.13. The average molecular weight is 274 g/mol. The monoisotopic (exact) mass is 273 g/mol. The third-order valence-electron chi connectivity index (χ3n) is 2.11. The number of hydrogen-bond acceptors (Lipinski definition) is 3. The summed E-state index contributed by atoms with van der Waals surface area (Å²) in [6.07, 6.45) is -0.686. The molecule has 4 heteroatoms. The van der Waals surface area contributed by atoms with Crippen molar-refractivity contribution in [3.05, 3.63) is 33.8 Å². The fourth-order valence-electron chi connectivity index (χ4n) is 1.23. The minimum atomic E-state index is -0.686. The number of nitrogens with one attached hydrogen (secondary N) is 1. The first-order valence-corrected chi connectivity index (χ1v) is 5.67. The zero-order valence-corrected chi connectivity index (χ0v) is 10.3. The topological polar surface area (TPSA) is 52.5 Å². The van der Waals surface area contributed by atoms with Gasteiger partial charge in [0.2, 0.25) is 0 Å². The summed E-state index contributed by atoms with van der Waals surface area (Å²) in [5, 5.41) is 20.8. The second kappa shape index (κ2) is 6.23. The van der Waals surface area contributed by atoms with Crippen molar-refractivity contribution in [1.82, 2.24) is 5.32 Å². The Morgan fingerprint density at radius 3 is 2.80 bits per heavy atom. The molecule has 1 rings (SSSR count). The fourth-order valence-corrected chi connectivity index (χ4v) is 1.87. The van der Waals surface area contributed by atoms with Gasteiger partial charge in [0.05, 0.1) is 12.7 Å². The van der Waals surface area contributed by atoms with Crippen LogP contribution in [0.25, 0.3) is 0 Å². The van der Waals surface area contributed by atoms with Gasteiger partial charge in [0, 0.05) is 17.6 Å². The van der Waals surface area contributed by atoms with Crippen molar-refractivity contribution in [2.24, 2.45) is 0 Å². The molecule has 0 unspecified atom stereocenters. The minimum absolute atomic E-state index is 0.206. The molecule has 0 fully saturated rings. The van der Waals surface area contributed by atoms with Crippen molar-refractivity contribution in [1.29, 1.82) is 0 Å². The Bertz CT molecular complexity index is 317. The molecule has 0 saturated heterocycles. The summed E-state index contributed by atoms with van der Waals surface area (Å²) in [5.41, 5.74) is 2.35. The van der Waals surface area contributed by atoms with E-state index in [1.165, 1.54) is 5.56 Å². The summed E-state index contributed by atoms with van der Waals surface area (Å²) >= 11 is 3.48. The summed E-state index contributed by atoms with van der Waals surface area (Å²) in [6.45, 7) is 2.91. The smallest absolute Gasteiger partial charge is 0.0895 e. The van der Waals surface area contributed by atoms with E-state index in [1.54, 1.807) is 0 Å². The van der Waals surface area contributed by atoms with Gasteiger partial charge in [0.15, 0.2) is 0 Å². The molecule has 0 bridgehead atoms. The van der Waals surface area contributed by atoms with Crippen molar-refractivity contribution in [3.63, 3.8) is 0 Å². The highest BCUT2D eigenvalue weighted by molar-refractivity contribution is 9.10. The van der Waals surface area contributed by atoms with Gasteiger partial charge in [0.1, 0.15) is 0 Å². The SMILES string of the molecule is Cc1ccc(CNC[C@@H](O)CO)c(Br)c1. The standard InChI is InChI=1S/C11H16BrNO2/c1-8-2-3-9(11(12)4-8)5-13-6-10(15)7-14/h2-4,10,13-15H,5-7H2,1H3/t10-/m1/s1. The molecule has 0 amide bonds. The Morgan fingerprint density at radius 1 is 1.47 bits per heavy atom. The summed E-state index contributed by atoms with van der Waals surface area (Å²) in [7, 11) is 0. The maximum Gasteiger partial charge on any atom is 0.0895 e. The number of aryl methyl sites for hydroxylation is 1. The molecule has 1 atom stereocenters. The molecule has 84 valence electrons. The van der Waals surface area contributed by atoms with Crippen LogP contribution in [0, 0.1) is 6.92 Å². The number of halogens is 1. The van der Waals surface area contributed by atoms with E-state index in [9.17, 15) is 0 Å². The van der Waals surface area contributed by atoms with Gasteiger partial charge in [-0.1, -0.05) is 28.1 Å². The van der Waals surface area contributed by atoms with Crippen LogP contribution in [0.5, 0.6) is 0 Å². The highest BCUT2D eigenvalue weighted by Crippen LogP contribution is 2.17. The van der Waals surface area contributed by atoms with Crippen molar-refractivity contribution >= 4 is 15.9 Å². The van der Waals surface area contributed by atoms with E-state index >= 15 is 0 Å². The molecule has 0 radical (unpaired) electrons. The van der Waals surface area contributed by atoms with Gasteiger partial charge in [-0.25, -0.2) is 0 Å². The predicted octanol–water partition coefficient (Wildman–Crippen LogP) is 1.20. The molecular formula is C11H16BrNO2. The normalized spacial score (nSPS) is 12.8. The van der Waals surface area contributed by atoms with E-state index in [1.807, 2.05) is 19.1 Å². The van der Waals surface area contributed by atoms with Gasteiger partial charge in [-0.15, -0.1) is 0 Å². The van der Waals surface area contributed by atoms with Crippen molar-refractivity contribution in [3.8, 4) is 0 Å². The lowest BCUT2D eigenvalue weighted by Crippen LogP contribution is -2.29. The van der Waals surface area contributed by atoms with Crippen LogP contribution in [0.15, 0.2) is 22.7 Å². The van der Waals surface area contributed by atoms with Crippen LogP contribution in [0.3, 0.4) is 0 Å². The molecule has 0 aliphatic carbocycles. The van der Waals surface area contributed by atoms with Crippen LogP contribution in [-0.2, 0) is 6.54 Å². The molecular weight excluding hydrogens is 258 g/mol. The largest absolute Gasteiger partial charge is 0.394 e. The van der Waals surface area contributed by atoms with Gasteiger partial charge in [-0.3, -0.25) is 0 Å². The lowest BCUT2D eigenvalue weighted by Gasteiger charge is -2.10. The number of aliphatic hydroxyl groups is 2. The number of hydrogen-bond donors (Lipinski definition) is 3. The lowest BCUT2D eigenvalue weighted by molar-refractivity contribution is 0.0942. The molecule has 1 aromatic rings. The lowest BCUT2D eigenvalue weighted by atomic mass is 10.1. The third kappa shape index (κ3) is 4.30. The molecule has 1 aromatic carbocycles. The van der Waals surface area contributed by atoms with Crippen molar-refractivity contribution in [2.45, 2.75) is 19.6 Å². The number of benzene rings is 1. The Labute approximate surface area is 98.3 Å². The van der Waals surface area contributed by atoms with Crippen molar-refractivity contribution in [2.75, 3.05) is 13.2 Å². The van der Waals surface area contributed by atoms with Gasteiger partial charge in [-0.05, 0) is 24.1 Å². The third-order valence-corrected chi connectivity index (χ3v) is 2.85. The second-order valence-corrected chi connectivity index (χ2v) is 4.42. The quantitative estimate of drug-likeness (QED) is 0.756. The molecule has 0 aliphatic heterocycles. The van der Waals surface area contributed by atoms with Gasteiger partial charge >= 0.3 is 0 Å². The molecule has 0 heterocycles. The van der Waals surface area contributed by atoms with Crippen LogP contribution < -0.4 is 5.32 Å². The van der Waals surface area contributed by atoms with Crippen LogP contribution in [-0.4, -0.2) is 29.5 Å². The van der Waals surface area contributed by atoms with Gasteiger partial charge in [0.25, 0.3) is 0 Å². The minimum Gasteiger partial charge on any atom is -0.394 e. The molecule has 3 nitrogen and oxygen atoms in total. The summed E-state index contributed by atoms with van der Waals surface area (Å²) in [6, 6.07) is 6.14. The molecule has 0 saturated carbocycles. The van der Waals surface area contributed by atoms with E-state index in [-0.39, 0.29) is 6.61 Å². The zero-order chi connectivity index (χ0) is 11.3. The summed E-state index contributed by atoms with van der Waals surface area (Å²) in [4.78, 5) is 0. The summed E-state index contributed by atoms with van der Waals surface area (Å²) in [5.74, 6) is 0. The van der Waals surface area contributed by atoms with Gasteiger partial charge in [-0.2, -0.15) is 0 Å². The van der Waals surface area contributed by atoms with Gasteiger partial charge < -0.3 is 15.5 Å². The van der Waals surface area contributed by atoms with Crippen molar-refractivity contribution < 1.29 is 10.2 Å². The molecule has 0 aromatic heterocycles. The van der Waals surface area contributed by atoms with E-state index in [0.29, 0.717) is 13.1 Å². The molecule has 0 spiro atoms. The number of aliphatic hydroxyl groups excluding tert-OH is 2.